The van der Waals surface area contributed by atoms with Gasteiger partial charge in [0.05, 0.1) is 0 Å². The molecule has 0 saturated carbocycles. The summed E-state index contributed by atoms with van der Waals surface area (Å²) in [5, 5.41) is 2.90. The fraction of sp³-hybridized carbons (Fsp3) is 0.333. The Labute approximate surface area is 149 Å². The van der Waals surface area contributed by atoms with Crippen molar-refractivity contribution in [2.75, 3.05) is 18.0 Å². The Hall–Kier alpha value is -2.62. The van der Waals surface area contributed by atoms with E-state index < -0.39 is 5.41 Å². The van der Waals surface area contributed by atoms with Crippen LogP contribution in [0.15, 0.2) is 60.7 Å². The molecule has 0 aromatic heterocycles. The maximum absolute atomic E-state index is 12.9. The number of nitrogens with one attached hydrogen (secondary N) is 1. The van der Waals surface area contributed by atoms with Crippen LogP contribution in [0.1, 0.15) is 26.3 Å². The highest BCUT2D eigenvalue weighted by Gasteiger charge is 2.39. The van der Waals surface area contributed by atoms with Crippen LogP contribution in [-0.2, 0) is 16.0 Å². The molecule has 2 rings (SSSR count). The molecule has 2 amide bonds. The van der Waals surface area contributed by atoms with Gasteiger partial charge in [-0.1, -0.05) is 48.5 Å². The van der Waals surface area contributed by atoms with Crippen LogP contribution in [0, 0.1) is 5.41 Å². The van der Waals surface area contributed by atoms with Crippen LogP contribution >= 0.6 is 0 Å². The van der Waals surface area contributed by atoms with Gasteiger partial charge in [-0.2, -0.15) is 0 Å². The third-order valence-corrected chi connectivity index (χ3v) is 4.27. The minimum absolute atomic E-state index is 0.196. The van der Waals surface area contributed by atoms with Gasteiger partial charge >= 0.3 is 0 Å². The molecule has 25 heavy (non-hydrogen) atoms. The lowest BCUT2D eigenvalue weighted by Gasteiger charge is -2.30. The van der Waals surface area contributed by atoms with Crippen molar-refractivity contribution in [3.63, 3.8) is 0 Å². The van der Waals surface area contributed by atoms with Gasteiger partial charge in [-0.3, -0.25) is 9.59 Å². The van der Waals surface area contributed by atoms with Gasteiger partial charge in [0.15, 0.2) is 0 Å². The first-order chi connectivity index (χ1) is 12.0. The van der Waals surface area contributed by atoms with E-state index in [1.165, 1.54) is 0 Å². The summed E-state index contributed by atoms with van der Waals surface area (Å²) >= 11 is 0. The van der Waals surface area contributed by atoms with Crippen LogP contribution in [0.2, 0.25) is 0 Å². The van der Waals surface area contributed by atoms with Gasteiger partial charge in [-0.25, -0.2) is 0 Å². The maximum Gasteiger partial charge on any atom is 0.242 e. The van der Waals surface area contributed by atoms with E-state index >= 15 is 0 Å². The molecule has 0 aliphatic rings. The maximum atomic E-state index is 12.9. The molecule has 0 atom stereocenters. The lowest BCUT2D eigenvalue weighted by atomic mass is 9.90. The molecular formula is C21H26N2O2. The molecule has 0 fully saturated rings. The van der Waals surface area contributed by atoms with Gasteiger partial charge in [-0.15, -0.1) is 0 Å². The van der Waals surface area contributed by atoms with Crippen LogP contribution in [0.5, 0.6) is 0 Å². The molecule has 1 N–H and O–H groups in total. The number of carbonyl (C=O) groups is 2. The zero-order valence-corrected chi connectivity index (χ0v) is 15.2. The van der Waals surface area contributed by atoms with Crippen molar-refractivity contribution in [1.29, 1.82) is 0 Å². The molecular weight excluding hydrogens is 312 g/mol. The van der Waals surface area contributed by atoms with E-state index in [0.717, 1.165) is 17.7 Å². The fourth-order valence-electron chi connectivity index (χ4n) is 2.67. The molecule has 4 heteroatoms. The van der Waals surface area contributed by atoms with Crippen molar-refractivity contribution in [2.24, 2.45) is 5.41 Å². The quantitative estimate of drug-likeness (QED) is 0.787. The summed E-state index contributed by atoms with van der Waals surface area (Å²) in [7, 11) is 0. The Balaban J connectivity index is 2.00. The number of carbonyl (C=O) groups excluding carboxylic acids is 2. The van der Waals surface area contributed by atoms with Crippen LogP contribution in [0.25, 0.3) is 0 Å². The minimum atomic E-state index is -1.12. The number of nitrogens with zero attached hydrogens (tertiary/aromatic N) is 1. The summed E-state index contributed by atoms with van der Waals surface area (Å²) in [5.41, 5.74) is 0.842. The van der Waals surface area contributed by atoms with Crippen LogP contribution < -0.4 is 10.2 Å². The Morgan fingerprint density at radius 1 is 0.960 bits per heavy atom. The third-order valence-electron chi connectivity index (χ3n) is 4.27. The third kappa shape index (κ3) is 4.69. The first-order valence-electron chi connectivity index (χ1n) is 8.66. The van der Waals surface area contributed by atoms with E-state index in [0.29, 0.717) is 13.1 Å². The molecule has 4 nitrogen and oxygen atoms in total. The van der Waals surface area contributed by atoms with E-state index in [9.17, 15) is 9.59 Å². The van der Waals surface area contributed by atoms with Crippen molar-refractivity contribution in [3.8, 4) is 0 Å². The van der Waals surface area contributed by atoms with Gasteiger partial charge < -0.3 is 10.2 Å². The van der Waals surface area contributed by atoms with Crippen molar-refractivity contribution in [1.82, 2.24) is 5.32 Å². The lowest BCUT2D eigenvalue weighted by molar-refractivity contribution is -0.139. The smallest absolute Gasteiger partial charge is 0.242 e. The summed E-state index contributed by atoms with van der Waals surface area (Å²) in [5.74, 6) is -0.443. The molecule has 132 valence electrons. The fourth-order valence-corrected chi connectivity index (χ4v) is 2.67. The number of amides is 2. The molecule has 0 aliphatic heterocycles. The number of rotatable bonds is 7. The van der Waals surface area contributed by atoms with Gasteiger partial charge in [-0.05, 0) is 44.9 Å². The van der Waals surface area contributed by atoms with Crippen LogP contribution in [0.3, 0.4) is 0 Å². The van der Waals surface area contributed by atoms with Gasteiger partial charge in [0, 0.05) is 18.8 Å². The van der Waals surface area contributed by atoms with Gasteiger partial charge in [0.1, 0.15) is 5.41 Å². The summed E-state index contributed by atoms with van der Waals surface area (Å²) < 4.78 is 0. The van der Waals surface area contributed by atoms with Gasteiger partial charge in [0.2, 0.25) is 11.8 Å². The standard InChI is InChI=1S/C21H26N2O2/c1-4-23(18-13-9-6-10-14-18)20(25)21(2,3)19(24)22-16-15-17-11-7-5-8-12-17/h5-14H,4,15-16H2,1-3H3,(H,22,24). The van der Waals surface area contributed by atoms with Gasteiger partial charge in [0.25, 0.3) is 0 Å². The monoisotopic (exact) mass is 338 g/mol. The molecule has 0 bridgehead atoms. The molecule has 2 aromatic rings. The summed E-state index contributed by atoms with van der Waals surface area (Å²) in [6, 6.07) is 19.4. The molecule has 0 saturated heterocycles. The lowest BCUT2D eigenvalue weighted by Crippen LogP contribution is -2.50. The second-order valence-corrected chi connectivity index (χ2v) is 6.50. The normalized spacial score (nSPS) is 11.0. The molecule has 0 radical (unpaired) electrons. The Morgan fingerprint density at radius 3 is 2.08 bits per heavy atom. The van der Waals surface area contributed by atoms with Crippen molar-refractivity contribution in [3.05, 3.63) is 66.2 Å². The number of para-hydroxylation sites is 1. The Bertz CT molecular complexity index is 696. The molecule has 2 aromatic carbocycles. The van der Waals surface area contributed by atoms with Crippen LogP contribution in [0.4, 0.5) is 5.69 Å². The van der Waals surface area contributed by atoms with E-state index in [1.54, 1.807) is 18.7 Å². The molecule has 0 aliphatic carbocycles. The summed E-state index contributed by atoms with van der Waals surface area (Å²) in [6.07, 6.45) is 0.743. The highest BCUT2D eigenvalue weighted by molar-refractivity contribution is 6.11. The summed E-state index contributed by atoms with van der Waals surface area (Å²) in [6.45, 7) is 6.30. The van der Waals surface area contributed by atoms with Crippen molar-refractivity contribution in [2.45, 2.75) is 27.2 Å². The highest BCUT2D eigenvalue weighted by atomic mass is 16.2. The first kappa shape index (κ1) is 18.7. The minimum Gasteiger partial charge on any atom is -0.355 e. The zero-order valence-electron chi connectivity index (χ0n) is 15.2. The van der Waals surface area contributed by atoms with E-state index in [2.05, 4.69) is 5.32 Å². The van der Waals surface area contributed by atoms with Crippen LogP contribution in [-0.4, -0.2) is 24.9 Å². The SMILES string of the molecule is CCN(C(=O)C(C)(C)C(=O)NCCc1ccccc1)c1ccccc1. The van der Waals surface area contributed by atoms with E-state index in [1.807, 2.05) is 67.6 Å². The van der Waals surface area contributed by atoms with Crippen molar-refractivity contribution < 1.29 is 9.59 Å². The number of benzene rings is 2. The highest BCUT2D eigenvalue weighted by Crippen LogP contribution is 2.24. The first-order valence-corrected chi connectivity index (χ1v) is 8.66. The number of hydrogen-bond donors (Lipinski definition) is 1. The second-order valence-electron chi connectivity index (χ2n) is 6.50. The average Bonchev–Trinajstić information content (AvgIpc) is 2.64. The Morgan fingerprint density at radius 2 is 1.52 bits per heavy atom. The van der Waals surface area contributed by atoms with E-state index in [-0.39, 0.29) is 11.8 Å². The molecule has 0 spiro atoms. The van der Waals surface area contributed by atoms with E-state index in [4.69, 9.17) is 0 Å². The predicted octanol–water partition coefficient (Wildman–Crippen LogP) is 3.42. The number of anilines is 1. The molecule has 0 heterocycles. The van der Waals surface area contributed by atoms with Crippen molar-refractivity contribution >= 4 is 17.5 Å². The second kappa shape index (κ2) is 8.47. The largest absolute Gasteiger partial charge is 0.355 e. The Kier molecular flexibility index (Phi) is 6.34. The predicted molar refractivity (Wildman–Crippen MR) is 101 cm³/mol. The number of hydrogen-bond acceptors (Lipinski definition) is 2. The topological polar surface area (TPSA) is 49.4 Å². The molecule has 0 unspecified atom stereocenters. The zero-order chi connectivity index (χ0) is 18.3. The average molecular weight is 338 g/mol. The summed E-state index contributed by atoms with van der Waals surface area (Å²) in [4.78, 5) is 27.2.